The Balaban J connectivity index is 1.95. The van der Waals surface area contributed by atoms with Crippen LogP contribution in [-0.2, 0) is 24.3 Å². The summed E-state index contributed by atoms with van der Waals surface area (Å²) in [6.07, 6.45) is -0.885. The lowest BCUT2D eigenvalue weighted by molar-refractivity contribution is -0.137. The lowest BCUT2D eigenvalue weighted by Gasteiger charge is -2.14. The molecule has 0 saturated heterocycles. The molecule has 3 aromatic rings. The van der Waals surface area contributed by atoms with Gasteiger partial charge in [-0.15, -0.1) is 0 Å². The third-order valence-corrected chi connectivity index (χ3v) is 6.15. The molecule has 0 N–H and O–H groups in total. The topological polar surface area (TPSA) is 82.0 Å². The van der Waals surface area contributed by atoms with Gasteiger partial charge in [0.15, 0.2) is 6.10 Å². The van der Waals surface area contributed by atoms with Crippen molar-refractivity contribution in [3.8, 4) is 0 Å². The molecule has 162 valence electrons. The maximum atomic E-state index is 13.1. The lowest BCUT2D eigenvalue weighted by Crippen LogP contribution is -2.19. The number of carbonyl (C=O) groups is 1. The number of ether oxygens (including phenoxy) is 2. The maximum Gasteiger partial charge on any atom is 0.344 e. The molecule has 1 atom stereocenters. The Kier molecular flexibility index (Phi) is 6.18. The normalized spacial score (nSPS) is 17.3. The predicted octanol–water partition coefficient (Wildman–Crippen LogP) is 4.56. The van der Waals surface area contributed by atoms with E-state index in [4.69, 9.17) is 9.47 Å². The Bertz CT molecular complexity index is 1270. The van der Waals surface area contributed by atoms with E-state index in [1.807, 2.05) is 36.4 Å². The van der Waals surface area contributed by atoms with Crippen molar-refractivity contribution in [2.45, 2.75) is 17.9 Å². The van der Waals surface area contributed by atoms with Crippen LogP contribution in [0.1, 0.15) is 24.2 Å². The third kappa shape index (κ3) is 4.33. The van der Waals surface area contributed by atoms with E-state index >= 15 is 0 Å². The summed E-state index contributed by atoms with van der Waals surface area (Å²) in [6, 6.07) is 25.9. The number of nitrogens with zero attached hydrogens (tertiary/aromatic N) is 1. The molecule has 0 fully saturated rings. The largest absolute Gasteiger partial charge is 0.478 e. The van der Waals surface area contributed by atoms with Gasteiger partial charge in [-0.1, -0.05) is 78.9 Å². The summed E-state index contributed by atoms with van der Waals surface area (Å²) < 4.78 is 41.8. The molecule has 3 aromatic carbocycles. The minimum absolute atomic E-state index is 0.00245. The Morgan fingerprint density at radius 1 is 0.906 bits per heavy atom. The number of rotatable bonds is 6. The average Bonchev–Trinajstić information content (AvgIpc) is 3.19. The van der Waals surface area contributed by atoms with Crippen LogP contribution in [0.15, 0.2) is 106 Å². The molecule has 0 spiro atoms. The van der Waals surface area contributed by atoms with Gasteiger partial charge in [-0.3, -0.25) is 0 Å². The molecule has 6 nitrogen and oxygen atoms in total. The Morgan fingerprint density at radius 2 is 1.47 bits per heavy atom. The van der Waals surface area contributed by atoms with E-state index in [2.05, 4.69) is 4.40 Å². The van der Waals surface area contributed by atoms with Crippen LogP contribution in [-0.4, -0.2) is 26.7 Å². The molecule has 1 heterocycles. The number of hydrogen-bond donors (Lipinski definition) is 0. The van der Waals surface area contributed by atoms with Crippen LogP contribution < -0.4 is 0 Å². The predicted molar refractivity (Wildman–Crippen MR) is 121 cm³/mol. The first-order valence-electron chi connectivity index (χ1n) is 10.1. The number of esters is 1. The van der Waals surface area contributed by atoms with Gasteiger partial charge in [0.25, 0.3) is 10.0 Å². The van der Waals surface area contributed by atoms with Gasteiger partial charge in [0.1, 0.15) is 17.0 Å². The van der Waals surface area contributed by atoms with Gasteiger partial charge < -0.3 is 9.47 Å². The zero-order valence-corrected chi connectivity index (χ0v) is 18.2. The van der Waals surface area contributed by atoms with Gasteiger partial charge in [0.05, 0.1) is 11.5 Å². The van der Waals surface area contributed by atoms with Crippen molar-refractivity contribution in [3.05, 3.63) is 108 Å². The van der Waals surface area contributed by atoms with Crippen LogP contribution in [0.25, 0.3) is 5.76 Å². The van der Waals surface area contributed by atoms with Gasteiger partial charge in [-0.05, 0) is 24.6 Å². The highest BCUT2D eigenvalue weighted by Gasteiger charge is 2.40. The van der Waals surface area contributed by atoms with E-state index in [0.29, 0.717) is 11.1 Å². The van der Waals surface area contributed by atoms with E-state index in [1.54, 1.807) is 49.4 Å². The van der Waals surface area contributed by atoms with E-state index in [0.717, 1.165) is 0 Å². The minimum Gasteiger partial charge on any atom is -0.478 e. The van der Waals surface area contributed by atoms with Gasteiger partial charge in [-0.25, -0.2) is 4.79 Å². The summed E-state index contributed by atoms with van der Waals surface area (Å²) in [5.74, 6) is -0.452. The first-order chi connectivity index (χ1) is 15.5. The summed E-state index contributed by atoms with van der Waals surface area (Å²) in [6.45, 7) is 1.81. The van der Waals surface area contributed by atoms with Crippen LogP contribution in [0.2, 0.25) is 0 Å². The maximum absolute atomic E-state index is 13.1. The van der Waals surface area contributed by atoms with Crippen LogP contribution in [0.3, 0.4) is 0 Å². The molecule has 32 heavy (non-hydrogen) atoms. The minimum atomic E-state index is -4.11. The summed E-state index contributed by atoms with van der Waals surface area (Å²) in [4.78, 5) is 13.0. The molecule has 0 saturated carbocycles. The molecule has 7 heteroatoms. The molecule has 0 radical (unpaired) electrons. The second kappa shape index (κ2) is 9.20. The van der Waals surface area contributed by atoms with Crippen molar-refractivity contribution in [3.63, 3.8) is 0 Å². The summed E-state index contributed by atoms with van der Waals surface area (Å²) in [5.41, 5.74) is 1.30. The fraction of sp³-hybridized carbons (Fsp3) is 0.120. The fourth-order valence-corrected chi connectivity index (χ4v) is 4.46. The fourth-order valence-electron chi connectivity index (χ4n) is 3.40. The zero-order valence-electron chi connectivity index (χ0n) is 17.3. The van der Waals surface area contributed by atoms with E-state index in [1.165, 1.54) is 12.1 Å². The number of carbonyl (C=O) groups excluding carboxylic acids is 1. The van der Waals surface area contributed by atoms with Crippen molar-refractivity contribution in [1.82, 2.24) is 0 Å². The Labute approximate surface area is 186 Å². The van der Waals surface area contributed by atoms with Crippen molar-refractivity contribution < 1.29 is 22.7 Å². The molecule has 0 aliphatic carbocycles. The molecule has 0 amide bonds. The van der Waals surface area contributed by atoms with Crippen LogP contribution in [0.4, 0.5) is 0 Å². The summed E-state index contributed by atoms with van der Waals surface area (Å²) in [7, 11) is -4.11. The molecule has 0 bridgehead atoms. The Morgan fingerprint density at radius 3 is 2.06 bits per heavy atom. The Hall–Kier alpha value is -3.71. The standard InChI is InChI=1S/C25H21NO5S/c1-2-30-25(27)21-22(26-32(28,29)20-16-10-5-11-17-20)24(19-14-8-4-9-15-19)31-23(21)18-12-6-3-7-13-18/h3-17,24H,2H2,1H3/b26-22+. The monoisotopic (exact) mass is 447 g/mol. The number of sulfonamides is 1. The first kappa shape index (κ1) is 21.5. The molecule has 1 aliphatic heterocycles. The smallest absolute Gasteiger partial charge is 0.344 e. The highest BCUT2D eigenvalue weighted by Crippen LogP contribution is 2.40. The van der Waals surface area contributed by atoms with E-state index < -0.39 is 22.1 Å². The second-order valence-electron chi connectivity index (χ2n) is 6.96. The van der Waals surface area contributed by atoms with E-state index in [9.17, 15) is 13.2 Å². The van der Waals surface area contributed by atoms with Crippen LogP contribution >= 0.6 is 0 Å². The van der Waals surface area contributed by atoms with Crippen molar-refractivity contribution >= 4 is 27.5 Å². The van der Waals surface area contributed by atoms with Crippen molar-refractivity contribution in [1.29, 1.82) is 0 Å². The van der Waals surface area contributed by atoms with Gasteiger partial charge in [-0.2, -0.15) is 12.8 Å². The molecular weight excluding hydrogens is 426 g/mol. The van der Waals surface area contributed by atoms with Crippen LogP contribution in [0, 0.1) is 0 Å². The quantitative estimate of drug-likeness (QED) is 0.517. The molecular formula is C25H21NO5S. The van der Waals surface area contributed by atoms with Crippen molar-refractivity contribution in [2.24, 2.45) is 4.40 Å². The molecule has 0 aromatic heterocycles. The molecule has 1 aliphatic rings. The molecule has 1 unspecified atom stereocenters. The van der Waals surface area contributed by atoms with Gasteiger partial charge >= 0.3 is 5.97 Å². The summed E-state index contributed by atoms with van der Waals surface area (Å²) in [5, 5.41) is 0. The first-order valence-corrected chi connectivity index (χ1v) is 11.5. The SMILES string of the molecule is CCOC(=O)C1=C(c2ccccc2)OC(c2ccccc2)/C1=N/S(=O)(=O)c1ccccc1. The lowest BCUT2D eigenvalue weighted by atomic mass is 10.00. The van der Waals surface area contributed by atoms with Gasteiger partial charge in [0.2, 0.25) is 0 Å². The summed E-state index contributed by atoms with van der Waals surface area (Å²) >= 11 is 0. The highest BCUT2D eigenvalue weighted by molar-refractivity contribution is 7.90. The highest BCUT2D eigenvalue weighted by atomic mass is 32.2. The third-order valence-electron chi connectivity index (χ3n) is 4.84. The van der Waals surface area contributed by atoms with Crippen molar-refractivity contribution in [2.75, 3.05) is 6.61 Å². The average molecular weight is 448 g/mol. The van der Waals surface area contributed by atoms with Gasteiger partial charge in [0, 0.05) is 5.56 Å². The van der Waals surface area contributed by atoms with Crippen LogP contribution in [0.5, 0.6) is 0 Å². The second-order valence-corrected chi connectivity index (χ2v) is 8.57. The van der Waals surface area contributed by atoms with E-state index in [-0.39, 0.29) is 28.5 Å². The number of benzene rings is 3. The number of hydrogen-bond acceptors (Lipinski definition) is 5. The zero-order chi connectivity index (χ0) is 22.6. The molecule has 4 rings (SSSR count).